The molecule has 10 nitrogen and oxygen atoms in total. The van der Waals surface area contributed by atoms with Crippen molar-refractivity contribution in [2.75, 3.05) is 30.8 Å². The van der Waals surface area contributed by atoms with Crippen molar-refractivity contribution in [3.8, 4) is 11.3 Å². The first-order valence-electron chi connectivity index (χ1n) is 8.80. The van der Waals surface area contributed by atoms with E-state index in [1.807, 2.05) is 12.1 Å². The van der Waals surface area contributed by atoms with Crippen LogP contribution in [0.5, 0.6) is 0 Å². The Balaban J connectivity index is 1.54. The fourth-order valence-electron chi connectivity index (χ4n) is 2.50. The maximum atomic E-state index is 11.6. The van der Waals surface area contributed by atoms with Crippen molar-refractivity contribution in [2.45, 2.75) is 0 Å². The third kappa shape index (κ3) is 5.22. The first-order chi connectivity index (χ1) is 14.1. The molecular weight excluding hydrogens is 374 g/mol. The molecule has 148 valence electrons. The third-order valence-corrected chi connectivity index (χ3v) is 4.00. The molecule has 1 amide bonds. The number of hydrogen-bond donors (Lipinski definition) is 3. The Morgan fingerprint density at radius 2 is 1.79 bits per heavy atom. The van der Waals surface area contributed by atoms with Crippen LogP contribution in [-0.2, 0) is 0 Å². The summed E-state index contributed by atoms with van der Waals surface area (Å²) in [4.78, 5) is 34.4. The molecule has 2 heterocycles. The van der Waals surface area contributed by atoms with Gasteiger partial charge in [-0.2, -0.15) is 0 Å². The van der Waals surface area contributed by atoms with E-state index in [1.165, 1.54) is 12.3 Å². The number of nitrogens with zero attached hydrogens (tertiary/aromatic N) is 4. The maximum absolute atomic E-state index is 11.6. The van der Waals surface area contributed by atoms with E-state index in [-0.39, 0.29) is 11.6 Å². The lowest BCUT2D eigenvalue weighted by Gasteiger charge is -2.08. The zero-order valence-corrected chi connectivity index (χ0v) is 15.6. The Morgan fingerprint density at radius 1 is 1.03 bits per heavy atom. The lowest BCUT2D eigenvalue weighted by Crippen LogP contribution is -2.17. The SMILES string of the molecule is CNC(=O)c1ccc(-c2ccnc(NCCNc3ccc([N+](=O)[O-])cn3)n2)cc1. The van der Waals surface area contributed by atoms with Crippen LogP contribution in [0.4, 0.5) is 17.5 Å². The average Bonchev–Trinajstić information content (AvgIpc) is 2.77. The molecule has 3 N–H and O–H groups in total. The highest BCUT2D eigenvalue weighted by molar-refractivity contribution is 5.94. The minimum absolute atomic E-state index is 0.0535. The van der Waals surface area contributed by atoms with Gasteiger partial charge >= 0.3 is 0 Å². The average molecular weight is 393 g/mol. The summed E-state index contributed by atoms with van der Waals surface area (Å²) in [6.07, 6.45) is 2.86. The van der Waals surface area contributed by atoms with Crippen LogP contribution in [-0.4, -0.2) is 45.9 Å². The van der Waals surface area contributed by atoms with E-state index in [4.69, 9.17) is 0 Å². The van der Waals surface area contributed by atoms with Crippen molar-refractivity contribution in [3.05, 3.63) is 70.5 Å². The van der Waals surface area contributed by atoms with E-state index in [2.05, 4.69) is 30.9 Å². The molecule has 0 spiro atoms. The van der Waals surface area contributed by atoms with Crippen LogP contribution in [0.1, 0.15) is 10.4 Å². The smallest absolute Gasteiger partial charge is 0.287 e. The van der Waals surface area contributed by atoms with Gasteiger partial charge in [0.2, 0.25) is 5.95 Å². The van der Waals surface area contributed by atoms with Gasteiger partial charge in [-0.25, -0.2) is 15.0 Å². The lowest BCUT2D eigenvalue weighted by molar-refractivity contribution is -0.385. The van der Waals surface area contributed by atoms with Crippen LogP contribution in [0.15, 0.2) is 54.9 Å². The van der Waals surface area contributed by atoms with E-state index in [0.29, 0.717) is 30.4 Å². The number of pyridine rings is 1. The summed E-state index contributed by atoms with van der Waals surface area (Å²) in [6, 6.07) is 11.9. The zero-order valence-electron chi connectivity index (χ0n) is 15.6. The molecule has 1 aromatic carbocycles. The van der Waals surface area contributed by atoms with E-state index in [9.17, 15) is 14.9 Å². The quantitative estimate of drug-likeness (QED) is 0.301. The molecule has 3 rings (SSSR count). The van der Waals surface area contributed by atoms with E-state index in [0.717, 1.165) is 11.3 Å². The van der Waals surface area contributed by atoms with E-state index >= 15 is 0 Å². The number of nitro groups is 1. The standard InChI is InChI=1S/C19H19N7O3/c1-20-18(27)14-4-2-13(3-5-14)16-8-9-22-19(25-16)23-11-10-21-17-7-6-15(12-24-17)26(28)29/h2-9,12H,10-11H2,1H3,(H,20,27)(H,21,24)(H,22,23,25). The highest BCUT2D eigenvalue weighted by Gasteiger charge is 2.06. The molecule has 0 aliphatic rings. The molecule has 10 heteroatoms. The molecule has 0 fully saturated rings. The third-order valence-electron chi connectivity index (χ3n) is 4.00. The van der Waals surface area contributed by atoms with Crippen molar-refractivity contribution in [2.24, 2.45) is 0 Å². The normalized spacial score (nSPS) is 10.2. The zero-order chi connectivity index (χ0) is 20.6. The fraction of sp³-hybridized carbons (Fsp3) is 0.158. The Hall–Kier alpha value is -4.08. The first kappa shape index (κ1) is 19.7. The van der Waals surface area contributed by atoms with E-state index in [1.54, 1.807) is 37.5 Å². The fourth-order valence-corrected chi connectivity index (χ4v) is 2.50. The molecule has 0 aliphatic carbocycles. The lowest BCUT2D eigenvalue weighted by atomic mass is 10.1. The highest BCUT2D eigenvalue weighted by Crippen LogP contribution is 2.18. The number of anilines is 2. The van der Waals surface area contributed by atoms with Gasteiger partial charge in [0.25, 0.3) is 11.6 Å². The molecule has 0 unspecified atom stereocenters. The van der Waals surface area contributed by atoms with Gasteiger partial charge in [-0.1, -0.05) is 12.1 Å². The Morgan fingerprint density at radius 3 is 2.45 bits per heavy atom. The molecule has 2 aromatic heterocycles. The topological polar surface area (TPSA) is 135 Å². The molecule has 0 atom stereocenters. The van der Waals surface area contributed by atoms with Gasteiger partial charge in [0, 0.05) is 43.5 Å². The maximum Gasteiger partial charge on any atom is 0.287 e. The van der Waals surface area contributed by atoms with E-state index < -0.39 is 4.92 Å². The number of rotatable bonds is 8. The molecule has 0 saturated carbocycles. The second kappa shape index (κ2) is 9.22. The summed E-state index contributed by atoms with van der Waals surface area (Å²) in [6.45, 7) is 1.05. The summed E-state index contributed by atoms with van der Waals surface area (Å²) in [5.41, 5.74) is 2.13. The van der Waals surface area contributed by atoms with Crippen molar-refractivity contribution in [3.63, 3.8) is 0 Å². The van der Waals surface area contributed by atoms with Gasteiger partial charge in [0.15, 0.2) is 0 Å². The van der Waals surface area contributed by atoms with Crippen LogP contribution in [0.3, 0.4) is 0 Å². The van der Waals surface area contributed by atoms with Gasteiger partial charge in [-0.15, -0.1) is 0 Å². The Bertz CT molecular complexity index is 991. The van der Waals surface area contributed by atoms with Crippen LogP contribution in [0.2, 0.25) is 0 Å². The number of carbonyl (C=O) groups excluding carboxylic acids is 1. The van der Waals surface area contributed by atoms with Gasteiger partial charge < -0.3 is 16.0 Å². The molecule has 3 aromatic rings. The van der Waals surface area contributed by atoms with Crippen molar-refractivity contribution in [1.82, 2.24) is 20.3 Å². The monoisotopic (exact) mass is 393 g/mol. The predicted molar refractivity (Wildman–Crippen MR) is 109 cm³/mol. The minimum Gasteiger partial charge on any atom is -0.368 e. The van der Waals surface area contributed by atoms with Crippen LogP contribution in [0.25, 0.3) is 11.3 Å². The van der Waals surface area contributed by atoms with Gasteiger partial charge in [-0.3, -0.25) is 14.9 Å². The highest BCUT2D eigenvalue weighted by atomic mass is 16.6. The number of nitrogens with one attached hydrogen (secondary N) is 3. The number of carbonyl (C=O) groups is 1. The molecule has 0 bridgehead atoms. The van der Waals surface area contributed by atoms with Crippen molar-refractivity contribution in [1.29, 1.82) is 0 Å². The van der Waals surface area contributed by atoms with Crippen molar-refractivity contribution < 1.29 is 9.72 Å². The number of hydrogen-bond acceptors (Lipinski definition) is 8. The molecule has 29 heavy (non-hydrogen) atoms. The second-order valence-electron chi connectivity index (χ2n) is 5.93. The Labute approximate surface area is 166 Å². The Kier molecular flexibility index (Phi) is 6.25. The summed E-state index contributed by atoms with van der Waals surface area (Å²) in [7, 11) is 1.59. The summed E-state index contributed by atoms with van der Waals surface area (Å²) in [5, 5.41) is 19.4. The minimum atomic E-state index is -0.491. The van der Waals surface area contributed by atoms with Crippen LogP contribution in [0, 0.1) is 10.1 Å². The van der Waals surface area contributed by atoms with Gasteiger partial charge in [0.1, 0.15) is 12.0 Å². The number of benzene rings is 1. The summed E-state index contributed by atoms with van der Waals surface area (Å²) < 4.78 is 0. The van der Waals surface area contributed by atoms with Crippen molar-refractivity contribution >= 4 is 23.4 Å². The van der Waals surface area contributed by atoms with Gasteiger partial charge in [-0.05, 0) is 24.3 Å². The summed E-state index contributed by atoms with van der Waals surface area (Å²) >= 11 is 0. The second-order valence-corrected chi connectivity index (χ2v) is 5.93. The van der Waals surface area contributed by atoms with Gasteiger partial charge in [0.05, 0.1) is 10.6 Å². The van der Waals surface area contributed by atoms with Crippen LogP contribution < -0.4 is 16.0 Å². The molecule has 0 saturated heterocycles. The largest absolute Gasteiger partial charge is 0.368 e. The molecule has 0 aliphatic heterocycles. The molecule has 0 radical (unpaired) electrons. The predicted octanol–water partition coefficient (Wildman–Crippen LogP) is 2.33. The summed E-state index contributed by atoms with van der Waals surface area (Å²) in [5.74, 6) is 0.871. The molecular formula is C19H19N7O3. The number of amides is 1. The van der Waals surface area contributed by atoms with Crippen LogP contribution >= 0.6 is 0 Å². The first-order valence-corrected chi connectivity index (χ1v) is 8.80. The number of aromatic nitrogens is 3.